The lowest BCUT2D eigenvalue weighted by molar-refractivity contribution is -0.139. The Morgan fingerprint density at radius 2 is 2.11 bits per heavy atom. The normalized spacial score (nSPS) is 17.9. The third-order valence-electron chi connectivity index (χ3n) is 3.08. The second-order valence-electron chi connectivity index (χ2n) is 5.06. The number of carboxylic acid groups (broad SMARTS) is 2. The molecule has 1 aliphatic rings. The summed E-state index contributed by atoms with van der Waals surface area (Å²) < 4.78 is 11.0. The van der Waals surface area contributed by atoms with E-state index in [0.717, 1.165) is 11.8 Å². The van der Waals surface area contributed by atoms with Crippen molar-refractivity contribution in [3.05, 3.63) is 21.3 Å². The molecule has 144 valence electrons. The minimum Gasteiger partial charge on any atom is -0.493 e. The minimum atomic E-state index is -1.10. The van der Waals surface area contributed by atoms with Crippen molar-refractivity contribution in [1.29, 1.82) is 0 Å². The summed E-state index contributed by atoms with van der Waals surface area (Å²) in [5.74, 6) is -1.96. The molecule has 1 aromatic carbocycles. The van der Waals surface area contributed by atoms with Gasteiger partial charge >= 0.3 is 11.9 Å². The molecule has 0 aromatic heterocycles. The Morgan fingerprint density at radius 3 is 2.74 bits per heavy atom. The van der Waals surface area contributed by atoms with Crippen molar-refractivity contribution in [2.45, 2.75) is 11.7 Å². The number of carbonyl (C=O) groups is 3. The van der Waals surface area contributed by atoms with E-state index in [1.54, 1.807) is 12.1 Å². The predicted octanol–water partition coefficient (Wildman–Crippen LogP) is 1.16. The van der Waals surface area contributed by atoms with Crippen LogP contribution in [-0.2, 0) is 14.4 Å². The fraction of sp³-hybridized carbons (Fsp3) is 0.267. The number of hydrogen-bond acceptors (Lipinski definition) is 8. The first-order chi connectivity index (χ1) is 12.8. The van der Waals surface area contributed by atoms with Gasteiger partial charge in [-0.1, -0.05) is 11.8 Å². The van der Waals surface area contributed by atoms with Gasteiger partial charge in [0.1, 0.15) is 5.25 Å². The molecule has 27 heavy (non-hydrogen) atoms. The zero-order valence-corrected chi connectivity index (χ0v) is 16.8. The second kappa shape index (κ2) is 9.55. The molecule has 1 fully saturated rings. The first-order valence-corrected chi connectivity index (χ1v) is 9.28. The van der Waals surface area contributed by atoms with Crippen LogP contribution in [-0.4, -0.2) is 58.4 Å². The number of carbonyl (C=O) groups excluding carboxylic acids is 1. The molecule has 1 atom stereocenters. The molecular weight excluding hydrogens is 493 g/mol. The first kappa shape index (κ1) is 21.0. The Labute approximate surface area is 171 Å². The molecule has 12 heteroatoms. The largest absolute Gasteiger partial charge is 0.493 e. The highest BCUT2D eigenvalue weighted by Gasteiger charge is 2.32. The third kappa shape index (κ3) is 6.09. The van der Waals surface area contributed by atoms with Crippen LogP contribution in [0.4, 0.5) is 0 Å². The Hall–Kier alpha value is -2.35. The maximum Gasteiger partial charge on any atom is 0.341 e. The summed E-state index contributed by atoms with van der Waals surface area (Å²) in [4.78, 5) is 33.0. The molecule has 1 unspecified atom stereocenters. The van der Waals surface area contributed by atoms with Gasteiger partial charge in [-0.2, -0.15) is 5.10 Å². The maximum absolute atomic E-state index is 11.6. The number of hydrogen-bond donors (Lipinski definition) is 3. The smallest absolute Gasteiger partial charge is 0.341 e. The van der Waals surface area contributed by atoms with E-state index in [1.807, 2.05) is 22.6 Å². The van der Waals surface area contributed by atoms with E-state index in [1.165, 1.54) is 13.3 Å². The average molecular weight is 507 g/mol. The number of carboxylic acids is 2. The van der Waals surface area contributed by atoms with E-state index in [9.17, 15) is 14.4 Å². The number of ether oxygens (including phenoxy) is 2. The minimum absolute atomic E-state index is 0.213. The number of rotatable bonds is 8. The highest BCUT2D eigenvalue weighted by Crippen LogP contribution is 2.33. The highest BCUT2D eigenvalue weighted by atomic mass is 127. The van der Waals surface area contributed by atoms with E-state index >= 15 is 0 Å². The van der Waals surface area contributed by atoms with Gasteiger partial charge in [0.25, 0.3) is 0 Å². The molecule has 3 N–H and O–H groups in total. The van der Waals surface area contributed by atoms with Crippen LogP contribution in [0.3, 0.4) is 0 Å². The van der Waals surface area contributed by atoms with Crippen LogP contribution < -0.4 is 14.8 Å². The summed E-state index contributed by atoms with van der Waals surface area (Å²) in [5, 5.41) is 27.2. The van der Waals surface area contributed by atoms with Crippen LogP contribution in [0.2, 0.25) is 0 Å². The van der Waals surface area contributed by atoms with Crippen molar-refractivity contribution in [1.82, 2.24) is 5.32 Å². The second-order valence-corrected chi connectivity index (χ2v) is 7.41. The quantitative estimate of drug-likeness (QED) is 0.270. The molecule has 0 bridgehead atoms. The predicted molar refractivity (Wildman–Crippen MR) is 106 cm³/mol. The number of thioether (sulfide) groups is 1. The highest BCUT2D eigenvalue weighted by molar-refractivity contribution is 14.1. The Morgan fingerprint density at radius 1 is 1.37 bits per heavy atom. The SMILES string of the molecule is COc1cc(C=NN=C2NC(=O)C(CC(=O)O)S2)cc(I)c1OCC(=O)O. The molecule has 0 radical (unpaired) electrons. The van der Waals surface area contributed by atoms with E-state index in [-0.39, 0.29) is 11.6 Å². The monoisotopic (exact) mass is 507 g/mol. The molecule has 1 amide bonds. The average Bonchev–Trinajstić information content (AvgIpc) is 2.92. The Bertz CT molecular complexity index is 828. The van der Waals surface area contributed by atoms with Gasteiger partial charge in [0.15, 0.2) is 23.3 Å². The van der Waals surface area contributed by atoms with Gasteiger partial charge in [0, 0.05) is 0 Å². The molecule has 1 heterocycles. The number of nitrogens with one attached hydrogen (secondary N) is 1. The zero-order chi connectivity index (χ0) is 20.0. The lowest BCUT2D eigenvalue weighted by Gasteiger charge is -2.11. The first-order valence-electron chi connectivity index (χ1n) is 7.32. The lowest BCUT2D eigenvalue weighted by Crippen LogP contribution is -2.26. The van der Waals surface area contributed by atoms with Crippen molar-refractivity contribution in [2.24, 2.45) is 10.2 Å². The number of amidine groups is 1. The maximum atomic E-state index is 11.6. The van der Waals surface area contributed by atoms with E-state index in [0.29, 0.717) is 20.6 Å². The molecule has 0 aliphatic carbocycles. The standard InChI is InChI=1S/C15H14IN3O7S/c1-25-9-3-7(2-8(16)13(9)26-6-12(22)23)5-17-19-15-18-14(24)10(27-15)4-11(20)21/h2-3,5,10H,4,6H2,1H3,(H,20,21)(H,22,23)(H,18,19,24). The van der Waals surface area contributed by atoms with Gasteiger partial charge in [0.05, 0.1) is 23.3 Å². The van der Waals surface area contributed by atoms with Crippen molar-refractivity contribution in [3.8, 4) is 11.5 Å². The number of nitrogens with zero attached hydrogens (tertiary/aromatic N) is 2. The molecule has 0 spiro atoms. The van der Waals surface area contributed by atoms with Gasteiger partial charge in [-0.3, -0.25) is 9.59 Å². The van der Waals surface area contributed by atoms with Gasteiger partial charge < -0.3 is 25.0 Å². The number of benzene rings is 1. The zero-order valence-electron chi connectivity index (χ0n) is 13.8. The van der Waals surface area contributed by atoms with Crippen LogP contribution in [0.15, 0.2) is 22.3 Å². The molecule has 1 aliphatic heterocycles. The molecule has 0 saturated carbocycles. The molecule has 1 aromatic rings. The number of halogens is 1. The van der Waals surface area contributed by atoms with Crippen LogP contribution in [0.1, 0.15) is 12.0 Å². The van der Waals surface area contributed by atoms with Crippen LogP contribution in [0, 0.1) is 3.57 Å². The summed E-state index contributed by atoms with van der Waals surface area (Å²) in [7, 11) is 1.42. The van der Waals surface area contributed by atoms with Gasteiger partial charge in [-0.25, -0.2) is 4.79 Å². The van der Waals surface area contributed by atoms with Crippen LogP contribution in [0.25, 0.3) is 0 Å². The van der Waals surface area contributed by atoms with Crippen molar-refractivity contribution in [3.63, 3.8) is 0 Å². The van der Waals surface area contributed by atoms with Crippen molar-refractivity contribution >= 4 is 63.6 Å². The molecule has 1 saturated heterocycles. The van der Waals surface area contributed by atoms with E-state index in [4.69, 9.17) is 19.7 Å². The van der Waals surface area contributed by atoms with Crippen LogP contribution in [0.5, 0.6) is 11.5 Å². The number of aliphatic carboxylic acids is 2. The van der Waals surface area contributed by atoms with Gasteiger partial charge in [-0.15, -0.1) is 5.10 Å². The molecule has 10 nitrogen and oxygen atoms in total. The molecule has 2 rings (SSSR count). The van der Waals surface area contributed by atoms with Gasteiger partial charge in [0.2, 0.25) is 5.91 Å². The fourth-order valence-corrected chi connectivity index (χ4v) is 3.68. The fourth-order valence-electron chi connectivity index (χ4n) is 1.98. The van der Waals surface area contributed by atoms with Crippen LogP contribution >= 0.6 is 34.4 Å². The van der Waals surface area contributed by atoms with E-state index < -0.39 is 29.7 Å². The van der Waals surface area contributed by atoms with Crippen molar-refractivity contribution in [2.75, 3.05) is 13.7 Å². The van der Waals surface area contributed by atoms with Gasteiger partial charge in [-0.05, 0) is 40.3 Å². The summed E-state index contributed by atoms with van der Waals surface area (Å²) >= 11 is 2.97. The number of methoxy groups -OCH3 is 1. The summed E-state index contributed by atoms with van der Waals surface area (Å²) in [6.07, 6.45) is 1.11. The summed E-state index contributed by atoms with van der Waals surface area (Å²) in [6, 6.07) is 3.29. The Kier molecular flexibility index (Phi) is 7.41. The third-order valence-corrected chi connectivity index (χ3v) is 4.96. The van der Waals surface area contributed by atoms with E-state index in [2.05, 4.69) is 15.5 Å². The van der Waals surface area contributed by atoms with Crippen molar-refractivity contribution < 1.29 is 34.1 Å². The Balaban J connectivity index is 2.11. The molecular formula is C15H14IN3O7S. The lowest BCUT2D eigenvalue weighted by atomic mass is 10.2. The summed E-state index contributed by atoms with van der Waals surface area (Å²) in [5.41, 5.74) is 0.611. The topological polar surface area (TPSA) is 147 Å². The number of amides is 1. The summed E-state index contributed by atoms with van der Waals surface area (Å²) in [6.45, 7) is -0.498.